The SMILES string of the molecule is COC(=O)/C=C(/Nc1cc(C(F)(F)F)ccc1OC(C)C)C(=O)OC. The molecule has 0 aliphatic carbocycles. The molecule has 9 heteroatoms. The molecular weight excluding hydrogens is 343 g/mol. The number of ether oxygens (including phenoxy) is 3. The average molecular weight is 361 g/mol. The van der Waals surface area contributed by atoms with Crippen LogP contribution in [0.5, 0.6) is 5.75 Å². The largest absolute Gasteiger partial charge is 0.489 e. The number of esters is 2. The standard InChI is InChI=1S/C16H18F3NO5/c1-9(2)25-13-6-5-10(16(17,18)19)7-11(13)20-12(15(22)24-4)8-14(21)23-3/h5-9,20H,1-4H3/b12-8+. The number of halogens is 3. The summed E-state index contributed by atoms with van der Waals surface area (Å²) in [7, 11) is 2.15. The summed E-state index contributed by atoms with van der Waals surface area (Å²) in [5.74, 6) is -1.77. The van der Waals surface area contributed by atoms with Crippen LogP contribution in [-0.4, -0.2) is 32.3 Å². The van der Waals surface area contributed by atoms with Gasteiger partial charge in [-0.25, -0.2) is 9.59 Å². The van der Waals surface area contributed by atoms with Gasteiger partial charge in [-0.1, -0.05) is 0 Å². The molecule has 0 heterocycles. The Kier molecular flexibility index (Phi) is 6.84. The molecule has 138 valence electrons. The predicted molar refractivity (Wildman–Crippen MR) is 82.9 cm³/mol. The van der Waals surface area contributed by atoms with Crippen LogP contribution in [0.3, 0.4) is 0 Å². The van der Waals surface area contributed by atoms with Crippen LogP contribution in [0.4, 0.5) is 18.9 Å². The van der Waals surface area contributed by atoms with E-state index in [9.17, 15) is 22.8 Å². The lowest BCUT2D eigenvalue weighted by Gasteiger charge is -2.18. The molecule has 25 heavy (non-hydrogen) atoms. The number of alkyl halides is 3. The van der Waals surface area contributed by atoms with Gasteiger partial charge in [0.05, 0.1) is 37.7 Å². The van der Waals surface area contributed by atoms with Crippen molar-refractivity contribution in [1.29, 1.82) is 0 Å². The number of nitrogens with one attached hydrogen (secondary N) is 1. The van der Waals surface area contributed by atoms with E-state index in [1.54, 1.807) is 13.8 Å². The first kappa shape index (κ1) is 20.3. The first-order valence-corrected chi connectivity index (χ1v) is 7.11. The summed E-state index contributed by atoms with van der Waals surface area (Å²) >= 11 is 0. The maximum absolute atomic E-state index is 12.9. The smallest absolute Gasteiger partial charge is 0.416 e. The number of hydrogen-bond donors (Lipinski definition) is 1. The van der Waals surface area contributed by atoms with Crippen LogP contribution < -0.4 is 10.1 Å². The zero-order valence-corrected chi connectivity index (χ0v) is 14.1. The Morgan fingerprint density at radius 1 is 1.16 bits per heavy atom. The average Bonchev–Trinajstić information content (AvgIpc) is 2.53. The summed E-state index contributed by atoms with van der Waals surface area (Å²) in [6, 6.07) is 2.74. The second kappa shape index (κ2) is 8.41. The van der Waals surface area contributed by atoms with E-state index in [0.717, 1.165) is 38.5 Å². The van der Waals surface area contributed by atoms with E-state index in [1.807, 2.05) is 0 Å². The van der Waals surface area contributed by atoms with Gasteiger partial charge >= 0.3 is 18.1 Å². The summed E-state index contributed by atoms with van der Waals surface area (Å²) < 4.78 is 53.2. The van der Waals surface area contributed by atoms with Gasteiger partial charge in [-0.2, -0.15) is 13.2 Å². The predicted octanol–water partition coefficient (Wildman–Crippen LogP) is 3.13. The molecule has 0 unspecified atom stereocenters. The van der Waals surface area contributed by atoms with Crippen LogP contribution in [-0.2, 0) is 25.2 Å². The van der Waals surface area contributed by atoms with Gasteiger partial charge < -0.3 is 19.5 Å². The quantitative estimate of drug-likeness (QED) is 0.620. The zero-order valence-electron chi connectivity index (χ0n) is 14.1. The third-order valence-corrected chi connectivity index (χ3v) is 2.81. The molecule has 0 fully saturated rings. The maximum Gasteiger partial charge on any atom is 0.416 e. The normalized spacial score (nSPS) is 11.9. The molecule has 1 N–H and O–H groups in total. The second-order valence-electron chi connectivity index (χ2n) is 5.07. The molecule has 0 aromatic heterocycles. The van der Waals surface area contributed by atoms with Gasteiger partial charge in [0, 0.05) is 0 Å². The lowest BCUT2D eigenvalue weighted by atomic mass is 10.1. The van der Waals surface area contributed by atoms with E-state index in [-0.39, 0.29) is 17.5 Å². The van der Waals surface area contributed by atoms with Crippen molar-refractivity contribution in [3.05, 3.63) is 35.5 Å². The van der Waals surface area contributed by atoms with Gasteiger partial charge in [0.15, 0.2) is 0 Å². The van der Waals surface area contributed by atoms with Crippen LogP contribution in [0.2, 0.25) is 0 Å². The monoisotopic (exact) mass is 361 g/mol. The van der Waals surface area contributed by atoms with Gasteiger partial charge in [-0.15, -0.1) is 0 Å². The summed E-state index contributed by atoms with van der Waals surface area (Å²) in [6.07, 6.45) is -4.15. The highest BCUT2D eigenvalue weighted by Gasteiger charge is 2.31. The summed E-state index contributed by atoms with van der Waals surface area (Å²) in [5.41, 5.74) is -1.50. The first-order valence-electron chi connectivity index (χ1n) is 7.11. The summed E-state index contributed by atoms with van der Waals surface area (Å²) in [5, 5.41) is 2.44. The lowest BCUT2D eigenvalue weighted by Crippen LogP contribution is -2.17. The van der Waals surface area contributed by atoms with Gasteiger partial charge in [0.2, 0.25) is 0 Å². The van der Waals surface area contributed by atoms with E-state index in [0.29, 0.717) is 0 Å². The first-order chi connectivity index (χ1) is 11.6. The molecular formula is C16H18F3NO5. The molecule has 6 nitrogen and oxygen atoms in total. The van der Waals surface area contributed by atoms with Crippen molar-refractivity contribution in [3.8, 4) is 5.75 Å². The van der Waals surface area contributed by atoms with Gasteiger partial charge in [0.1, 0.15) is 11.4 Å². The fourth-order valence-corrected chi connectivity index (χ4v) is 1.74. The van der Waals surface area contributed by atoms with Crippen LogP contribution in [0.15, 0.2) is 30.0 Å². The van der Waals surface area contributed by atoms with Crippen molar-refractivity contribution in [2.45, 2.75) is 26.1 Å². The van der Waals surface area contributed by atoms with Crippen LogP contribution in [0.1, 0.15) is 19.4 Å². The molecule has 0 radical (unpaired) electrons. The third-order valence-electron chi connectivity index (χ3n) is 2.81. The van der Waals surface area contributed by atoms with Gasteiger partial charge in [-0.3, -0.25) is 0 Å². The van der Waals surface area contributed by atoms with Crippen molar-refractivity contribution in [2.24, 2.45) is 0 Å². The Morgan fingerprint density at radius 2 is 1.80 bits per heavy atom. The molecule has 1 rings (SSSR count). The molecule has 1 aromatic carbocycles. The summed E-state index contributed by atoms with van der Waals surface area (Å²) in [6.45, 7) is 3.37. The highest BCUT2D eigenvalue weighted by molar-refractivity contribution is 5.99. The maximum atomic E-state index is 12.9. The van der Waals surface area contributed by atoms with E-state index >= 15 is 0 Å². The Balaban J connectivity index is 3.36. The van der Waals surface area contributed by atoms with Gasteiger partial charge in [-0.05, 0) is 32.0 Å². The molecule has 1 aromatic rings. The minimum absolute atomic E-state index is 0.0719. The highest BCUT2D eigenvalue weighted by atomic mass is 19.4. The number of hydrogen-bond acceptors (Lipinski definition) is 6. The molecule has 0 aliphatic heterocycles. The molecule has 0 aliphatic rings. The zero-order chi connectivity index (χ0) is 19.2. The Hall–Kier alpha value is -2.71. The number of methoxy groups -OCH3 is 2. The minimum atomic E-state index is -4.59. The molecule has 0 amide bonds. The number of benzene rings is 1. The molecule has 0 saturated carbocycles. The third kappa shape index (κ3) is 6.02. The number of anilines is 1. The fraction of sp³-hybridized carbons (Fsp3) is 0.375. The van der Waals surface area contributed by atoms with Crippen LogP contribution in [0, 0.1) is 0 Å². The molecule has 0 bridgehead atoms. The van der Waals surface area contributed by atoms with Crippen LogP contribution >= 0.6 is 0 Å². The molecule has 0 atom stereocenters. The lowest BCUT2D eigenvalue weighted by molar-refractivity contribution is -0.138. The van der Waals surface area contributed by atoms with E-state index < -0.39 is 29.4 Å². The van der Waals surface area contributed by atoms with Crippen molar-refractivity contribution in [2.75, 3.05) is 19.5 Å². The van der Waals surface area contributed by atoms with E-state index in [4.69, 9.17) is 4.74 Å². The number of rotatable bonds is 6. The number of carbonyl (C=O) groups is 2. The second-order valence-corrected chi connectivity index (χ2v) is 5.07. The highest BCUT2D eigenvalue weighted by Crippen LogP contribution is 2.36. The van der Waals surface area contributed by atoms with E-state index in [2.05, 4.69) is 14.8 Å². The topological polar surface area (TPSA) is 73.9 Å². The fourth-order valence-electron chi connectivity index (χ4n) is 1.74. The van der Waals surface area contributed by atoms with Crippen molar-refractivity contribution >= 4 is 17.6 Å². The summed E-state index contributed by atoms with van der Waals surface area (Å²) in [4.78, 5) is 23.1. The van der Waals surface area contributed by atoms with Crippen molar-refractivity contribution in [3.63, 3.8) is 0 Å². The molecule has 0 saturated heterocycles. The minimum Gasteiger partial charge on any atom is -0.489 e. The number of carbonyl (C=O) groups excluding carboxylic acids is 2. The van der Waals surface area contributed by atoms with E-state index in [1.165, 1.54) is 0 Å². The Morgan fingerprint density at radius 3 is 2.28 bits per heavy atom. The van der Waals surface area contributed by atoms with Crippen molar-refractivity contribution < 1.29 is 37.0 Å². The Bertz CT molecular complexity index is 668. The van der Waals surface area contributed by atoms with Crippen LogP contribution in [0.25, 0.3) is 0 Å². The molecule has 0 spiro atoms. The van der Waals surface area contributed by atoms with Crippen molar-refractivity contribution in [1.82, 2.24) is 0 Å². The Labute approximate surface area is 142 Å². The van der Waals surface area contributed by atoms with Gasteiger partial charge in [0.25, 0.3) is 0 Å².